The zero-order valence-electron chi connectivity index (χ0n) is 34.4. The quantitative estimate of drug-likeness (QED) is 0.0586. The van der Waals surface area contributed by atoms with Crippen molar-refractivity contribution in [1.82, 2.24) is 26.2 Å². The Hall–Kier alpha value is -5.63. The number of aromatic carboxylic acids is 1. The Kier molecular flexibility index (Phi) is 16.6. The fraction of sp³-hybridized carbons (Fsp3) is 0.512. The minimum Gasteiger partial charge on any atom is -0.477 e. The Balaban J connectivity index is 1.57. The summed E-state index contributed by atoms with van der Waals surface area (Å²) in [7, 11) is 0. The van der Waals surface area contributed by atoms with Crippen molar-refractivity contribution in [1.29, 1.82) is 0 Å². The molecule has 0 bridgehead atoms. The van der Waals surface area contributed by atoms with Crippen molar-refractivity contribution in [2.24, 2.45) is 11.7 Å². The lowest BCUT2D eigenvalue weighted by Gasteiger charge is -2.35. The first-order valence-corrected chi connectivity index (χ1v) is 20.3. The number of Topliss-reactive ketones (excluding diaryl/α,β-unsaturated/α-hetero) is 1. The van der Waals surface area contributed by atoms with Crippen molar-refractivity contribution >= 4 is 58.8 Å². The molecule has 1 saturated carbocycles. The van der Waals surface area contributed by atoms with Crippen LogP contribution >= 0.6 is 11.6 Å². The van der Waals surface area contributed by atoms with Crippen LogP contribution in [0.15, 0.2) is 24.3 Å². The molecular formula is C41H49ClF4N6O10. The van der Waals surface area contributed by atoms with Crippen LogP contribution in [-0.4, -0.2) is 100 Å². The Morgan fingerprint density at radius 3 is 2.15 bits per heavy atom. The van der Waals surface area contributed by atoms with Gasteiger partial charge in [0.1, 0.15) is 29.3 Å². The Morgan fingerprint density at radius 2 is 1.56 bits per heavy atom. The van der Waals surface area contributed by atoms with Crippen LogP contribution in [0.25, 0.3) is 0 Å². The number of nitrogens with two attached hydrogens (primary N) is 1. The summed E-state index contributed by atoms with van der Waals surface area (Å²) in [6.45, 7) is 5.78. The number of carbonyl (C=O) groups is 8. The largest absolute Gasteiger partial charge is 0.477 e. The Labute approximate surface area is 359 Å². The minimum absolute atomic E-state index is 0.0737. The van der Waals surface area contributed by atoms with E-state index in [1.54, 1.807) is 27.7 Å². The second-order valence-electron chi connectivity index (χ2n) is 16.1. The van der Waals surface area contributed by atoms with E-state index in [0.717, 1.165) is 11.3 Å². The van der Waals surface area contributed by atoms with Gasteiger partial charge < -0.3 is 41.7 Å². The molecule has 0 spiro atoms. The van der Waals surface area contributed by atoms with Crippen molar-refractivity contribution in [3.63, 3.8) is 0 Å². The summed E-state index contributed by atoms with van der Waals surface area (Å²) in [5.74, 6) is -20.2. The van der Waals surface area contributed by atoms with Crippen molar-refractivity contribution in [2.45, 2.75) is 115 Å². The number of nitrogens with one attached hydrogen (secondary N) is 4. The molecule has 5 unspecified atom stereocenters. The molecule has 338 valence electrons. The van der Waals surface area contributed by atoms with Crippen LogP contribution in [-0.2, 0) is 33.5 Å². The van der Waals surface area contributed by atoms with Crippen LogP contribution in [0, 0.1) is 29.2 Å². The first-order valence-electron chi connectivity index (χ1n) is 19.9. The van der Waals surface area contributed by atoms with Gasteiger partial charge in [-0.1, -0.05) is 56.3 Å². The van der Waals surface area contributed by atoms with Crippen molar-refractivity contribution in [2.75, 3.05) is 13.1 Å². The number of hydrogen-bond acceptors (Lipinski definition) is 9. The van der Waals surface area contributed by atoms with Gasteiger partial charge in [-0.25, -0.2) is 22.4 Å². The van der Waals surface area contributed by atoms with Crippen molar-refractivity contribution in [3.05, 3.63) is 69.2 Å². The molecule has 2 aromatic carbocycles. The highest BCUT2D eigenvalue weighted by molar-refractivity contribution is 6.38. The van der Waals surface area contributed by atoms with E-state index in [4.69, 9.17) is 22.1 Å². The van der Waals surface area contributed by atoms with Crippen LogP contribution in [0.5, 0.6) is 0 Å². The number of carboxylic acid groups (broad SMARTS) is 1. The van der Waals surface area contributed by atoms with E-state index in [0.29, 0.717) is 25.7 Å². The average molecular weight is 897 g/mol. The zero-order valence-corrected chi connectivity index (χ0v) is 35.1. The van der Waals surface area contributed by atoms with Gasteiger partial charge in [-0.15, -0.1) is 0 Å². The average Bonchev–Trinajstić information content (AvgIpc) is 3.62. The molecule has 1 saturated heterocycles. The smallest absolute Gasteiger partial charge is 0.341 e. The maximum atomic E-state index is 15.2. The van der Waals surface area contributed by atoms with Gasteiger partial charge in [0.15, 0.2) is 23.3 Å². The second-order valence-corrected chi connectivity index (χ2v) is 16.5. The van der Waals surface area contributed by atoms with Gasteiger partial charge in [0.05, 0.1) is 24.3 Å². The molecule has 7 N–H and O–H groups in total. The van der Waals surface area contributed by atoms with Crippen LogP contribution in [0.2, 0.25) is 5.02 Å². The highest BCUT2D eigenvalue weighted by Gasteiger charge is 2.47. The number of ketones is 1. The standard InChI is InChI=1S/C41H49ClF4N6O10/c1-5-10-23(34(54)38(58)48-17-25(53)50-32(35(47)55)20-13-9-14-21(42)15-20)49-36(56)24-16-22(62-41(2,3)4)18-52(24)39(59)33(19-11-7-6-8-12-19)51-37(57)26-28(43)27(40(60)61)30(45)31(46)29(26)44/h9,13-15,19,22-24,32-33H,5-8,10-12,16-18H2,1-4H3,(H2,47,55)(H,48,58)(H,49,56)(H,50,53)(H,51,57)(H,60,61). The Bertz CT molecular complexity index is 2100. The van der Waals surface area contributed by atoms with Gasteiger partial charge in [0, 0.05) is 18.0 Å². The lowest BCUT2D eigenvalue weighted by molar-refractivity contribution is -0.143. The normalized spacial score (nSPS) is 18.2. The molecule has 0 radical (unpaired) electrons. The molecule has 2 aliphatic rings. The number of amides is 6. The molecule has 0 aromatic heterocycles. The molecule has 4 rings (SSSR count). The summed E-state index contributed by atoms with van der Waals surface area (Å²) in [5, 5.41) is 18.8. The summed E-state index contributed by atoms with van der Waals surface area (Å²) in [4.78, 5) is 106. The molecular weight excluding hydrogens is 848 g/mol. The van der Waals surface area contributed by atoms with Gasteiger partial charge in [-0.2, -0.15) is 0 Å². The van der Waals surface area contributed by atoms with Crippen LogP contribution < -0.4 is 27.0 Å². The highest BCUT2D eigenvalue weighted by Crippen LogP contribution is 2.32. The number of hydrogen-bond donors (Lipinski definition) is 6. The van der Waals surface area contributed by atoms with E-state index in [1.807, 2.05) is 0 Å². The van der Waals surface area contributed by atoms with Crippen LogP contribution in [0.1, 0.15) is 111 Å². The molecule has 1 heterocycles. The number of carbonyl (C=O) groups excluding carboxylic acids is 7. The fourth-order valence-electron chi connectivity index (χ4n) is 7.58. The molecule has 21 heteroatoms. The summed E-state index contributed by atoms with van der Waals surface area (Å²) >= 11 is 5.98. The number of primary amides is 1. The molecule has 6 amide bonds. The van der Waals surface area contributed by atoms with Crippen LogP contribution in [0.3, 0.4) is 0 Å². The summed E-state index contributed by atoms with van der Waals surface area (Å²) in [6.07, 6.45) is 1.75. The van der Waals surface area contributed by atoms with E-state index in [1.165, 1.54) is 24.3 Å². The summed E-state index contributed by atoms with van der Waals surface area (Å²) < 4.78 is 65.0. The molecule has 16 nitrogen and oxygen atoms in total. The highest BCUT2D eigenvalue weighted by atomic mass is 35.5. The number of ether oxygens (including phenoxy) is 1. The van der Waals surface area contributed by atoms with Gasteiger partial charge >= 0.3 is 5.97 Å². The van der Waals surface area contributed by atoms with Crippen molar-refractivity contribution < 1.29 is 65.8 Å². The van der Waals surface area contributed by atoms with Gasteiger partial charge in [-0.05, 0) is 63.6 Å². The maximum absolute atomic E-state index is 15.2. The molecule has 1 aliphatic carbocycles. The minimum atomic E-state index is -2.42. The lowest BCUT2D eigenvalue weighted by Crippen LogP contribution is -2.58. The number of likely N-dealkylation sites (tertiary alicyclic amines) is 1. The summed E-state index contributed by atoms with van der Waals surface area (Å²) in [6, 6.07) is 0.113. The van der Waals surface area contributed by atoms with E-state index in [-0.39, 0.29) is 36.4 Å². The number of benzene rings is 2. The number of halogens is 5. The zero-order chi connectivity index (χ0) is 46.2. The third kappa shape index (κ3) is 12.0. The summed E-state index contributed by atoms with van der Waals surface area (Å²) in [5.41, 5.74) is 1.20. The monoisotopic (exact) mass is 896 g/mol. The van der Waals surface area contributed by atoms with E-state index in [2.05, 4.69) is 21.3 Å². The first-order chi connectivity index (χ1) is 29.1. The third-order valence-electron chi connectivity index (χ3n) is 10.4. The van der Waals surface area contributed by atoms with Crippen LogP contribution in [0.4, 0.5) is 17.6 Å². The fourth-order valence-corrected chi connectivity index (χ4v) is 7.78. The van der Waals surface area contributed by atoms with E-state index >= 15 is 4.39 Å². The topological polar surface area (TPSA) is 243 Å². The van der Waals surface area contributed by atoms with E-state index < -0.39 is 130 Å². The molecule has 2 fully saturated rings. The lowest BCUT2D eigenvalue weighted by atomic mass is 9.83. The second kappa shape index (κ2) is 21.0. The SMILES string of the molecule is CCCC(NC(=O)C1CC(OC(C)(C)C)CN1C(=O)C(NC(=O)c1c(F)c(F)c(F)c(C(=O)O)c1F)C1CCCCC1)C(=O)C(=O)NCC(=O)NC(C(N)=O)c1cccc(Cl)c1. The Morgan fingerprint density at radius 1 is 0.919 bits per heavy atom. The molecule has 5 atom stereocenters. The molecule has 62 heavy (non-hydrogen) atoms. The molecule has 1 aliphatic heterocycles. The van der Waals surface area contributed by atoms with Gasteiger partial charge in [0.25, 0.3) is 11.8 Å². The first kappa shape index (κ1) is 49.0. The maximum Gasteiger partial charge on any atom is 0.341 e. The molecule has 2 aromatic rings. The van der Waals surface area contributed by atoms with E-state index in [9.17, 15) is 56.6 Å². The third-order valence-corrected chi connectivity index (χ3v) is 10.6. The number of rotatable bonds is 17. The van der Waals surface area contributed by atoms with Gasteiger partial charge in [0.2, 0.25) is 29.4 Å². The van der Waals surface area contributed by atoms with Gasteiger partial charge in [-0.3, -0.25) is 33.6 Å². The number of carboxylic acids is 1. The van der Waals surface area contributed by atoms with Crippen molar-refractivity contribution in [3.8, 4) is 0 Å². The number of nitrogens with zero attached hydrogens (tertiary/aromatic N) is 1. The predicted molar refractivity (Wildman–Crippen MR) is 212 cm³/mol. The predicted octanol–water partition coefficient (Wildman–Crippen LogP) is 3.37.